The molecule has 3 aromatic rings. The van der Waals surface area contributed by atoms with Crippen molar-refractivity contribution in [2.24, 2.45) is 0 Å². The van der Waals surface area contributed by atoms with Crippen LogP contribution in [0.1, 0.15) is 15.2 Å². The van der Waals surface area contributed by atoms with Gasteiger partial charge in [-0.2, -0.15) is 5.10 Å². The molecule has 1 aromatic carbocycles. The molecule has 24 heavy (non-hydrogen) atoms. The predicted octanol–water partition coefficient (Wildman–Crippen LogP) is 2.70. The molecule has 0 bridgehead atoms. The molecule has 0 fully saturated rings. The van der Waals surface area contributed by atoms with Crippen LogP contribution >= 0.6 is 27.3 Å². The minimum Gasteiger partial charge on any atom is -0.273 e. The molecule has 122 valence electrons. The molecule has 3 rings (SSSR count). The normalized spacial score (nSPS) is 10.4. The summed E-state index contributed by atoms with van der Waals surface area (Å²) in [5, 5.41) is 4.23. The van der Waals surface area contributed by atoms with Crippen LogP contribution in [0.4, 0.5) is 0 Å². The molecular weight excluding hydrogens is 392 g/mol. The van der Waals surface area contributed by atoms with Crippen molar-refractivity contribution >= 4 is 39.1 Å². The van der Waals surface area contributed by atoms with E-state index in [9.17, 15) is 9.59 Å². The van der Waals surface area contributed by atoms with Gasteiger partial charge < -0.3 is 0 Å². The highest BCUT2D eigenvalue weighted by Gasteiger charge is 2.11. The summed E-state index contributed by atoms with van der Waals surface area (Å²) in [5.74, 6) is -0.661. The zero-order chi connectivity index (χ0) is 16.9. The third-order valence-electron chi connectivity index (χ3n) is 3.13. The van der Waals surface area contributed by atoms with E-state index in [4.69, 9.17) is 0 Å². The zero-order valence-corrected chi connectivity index (χ0v) is 14.8. The highest BCUT2D eigenvalue weighted by atomic mass is 79.9. The number of nitrogens with one attached hydrogen (secondary N) is 2. The number of rotatable bonds is 4. The number of halogens is 1. The van der Waals surface area contributed by atoms with Gasteiger partial charge in [-0.15, -0.1) is 11.3 Å². The van der Waals surface area contributed by atoms with E-state index in [0.717, 1.165) is 15.0 Å². The van der Waals surface area contributed by atoms with Crippen LogP contribution < -0.4 is 10.9 Å². The lowest BCUT2D eigenvalue weighted by atomic mass is 10.2. The van der Waals surface area contributed by atoms with Crippen LogP contribution in [0.5, 0.6) is 0 Å². The number of amides is 2. The van der Waals surface area contributed by atoms with E-state index in [2.05, 4.69) is 31.9 Å². The quantitative estimate of drug-likeness (QED) is 0.656. The average molecular weight is 405 g/mol. The number of aromatic nitrogens is 2. The molecule has 0 spiro atoms. The summed E-state index contributed by atoms with van der Waals surface area (Å²) in [6.07, 6.45) is 3.54. The maximum absolute atomic E-state index is 11.9. The Morgan fingerprint density at radius 2 is 1.92 bits per heavy atom. The molecule has 2 aromatic heterocycles. The number of para-hydroxylation sites is 1. The molecule has 2 amide bonds. The van der Waals surface area contributed by atoms with Gasteiger partial charge in [0.2, 0.25) is 5.91 Å². The van der Waals surface area contributed by atoms with Gasteiger partial charge in [0.05, 0.1) is 27.0 Å². The maximum atomic E-state index is 11.9. The van der Waals surface area contributed by atoms with Gasteiger partial charge >= 0.3 is 0 Å². The standard InChI is InChI=1S/C16H13BrN4O2S/c17-14-7-6-13(24-14)16(23)20-19-15(22)8-11-9-18-21(10-11)12-4-2-1-3-5-12/h1-7,9-10H,8H2,(H,19,22)(H,20,23). The van der Waals surface area contributed by atoms with Gasteiger partial charge in [-0.25, -0.2) is 4.68 Å². The van der Waals surface area contributed by atoms with Gasteiger partial charge in [-0.3, -0.25) is 20.4 Å². The van der Waals surface area contributed by atoms with Crippen molar-refractivity contribution in [2.45, 2.75) is 6.42 Å². The Hall–Kier alpha value is -2.45. The molecule has 0 aliphatic carbocycles. The monoisotopic (exact) mass is 404 g/mol. The van der Waals surface area contributed by atoms with Crippen molar-refractivity contribution in [3.63, 3.8) is 0 Å². The number of benzene rings is 1. The van der Waals surface area contributed by atoms with Crippen LogP contribution in [0, 0.1) is 0 Å². The number of nitrogens with zero attached hydrogens (tertiary/aromatic N) is 2. The lowest BCUT2D eigenvalue weighted by Crippen LogP contribution is -2.42. The highest BCUT2D eigenvalue weighted by Crippen LogP contribution is 2.21. The molecule has 8 heteroatoms. The lowest BCUT2D eigenvalue weighted by molar-refractivity contribution is -0.121. The van der Waals surface area contributed by atoms with Crippen LogP contribution in [0.2, 0.25) is 0 Å². The number of hydrogen-bond acceptors (Lipinski definition) is 4. The number of carbonyl (C=O) groups is 2. The second-order valence-corrected chi connectivity index (χ2v) is 7.37. The van der Waals surface area contributed by atoms with E-state index in [-0.39, 0.29) is 18.2 Å². The molecule has 0 aliphatic rings. The first-order valence-corrected chi connectivity index (χ1v) is 8.66. The van der Waals surface area contributed by atoms with Crippen molar-refractivity contribution in [3.05, 3.63) is 69.1 Å². The van der Waals surface area contributed by atoms with Gasteiger partial charge in [0.1, 0.15) is 0 Å². The third-order valence-corrected chi connectivity index (χ3v) is 4.76. The summed E-state index contributed by atoms with van der Waals surface area (Å²) in [6.45, 7) is 0. The van der Waals surface area contributed by atoms with Gasteiger partial charge in [0, 0.05) is 6.20 Å². The summed E-state index contributed by atoms with van der Waals surface area (Å²) in [7, 11) is 0. The Labute approximate surface area is 150 Å². The topological polar surface area (TPSA) is 76.0 Å². The maximum Gasteiger partial charge on any atom is 0.279 e. The van der Waals surface area contributed by atoms with E-state index in [1.54, 1.807) is 29.2 Å². The summed E-state index contributed by atoms with van der Waals surface area (Å²) >= 11 is 4.58. The Morgan fingerprint density at radius 1 is 1.12 bits per heavy atom. The molecule has 0 atom stereocenters. The van der Waals surface area contributed by atoms with Crippen LogP contribution in [0.25, 0.3) is 5.69 Å². The van der Waals surface area contributed by atoms with Crippen molar-refractivity contribution in [1.29, 1.82) is 0 Å². The minimum atomic E-state index is -0.348. The largest absolute Gasteiger partial charge is 0.279 e. The Morgan fingerprint density at radius 3 is 2.62 bits per heavy atom. The fraction of sp³-hybridized carbons (Fsp3) is 0.0625. The highest BCUT2D eigenvalue weighted by molar-refractivity contribution is 9.11. The summed E-state index contributed by atoms with van der Waals surface area (Å²) in [4.78, 5) is 24.3. The number of thiophene rings is 1. The number of hydrogen-bond donors (Lipinski definition) is 2. The van der Waals surface area contributed by atoms with E-state index < -0.39 is 0 Å². The predicted molar refractivity (Wildman–Crippen MR) is 94.9 cm³/mol. The second-order valence-electron chi connectivity index (χ2n) is 4.91. The molecule has 0 unspecified atom stereocenters. The molecule has 6 nitrogen and oxygen atoms in total. The fourth-order valence-electron chi connectivity index (χ4n) is 2.03. The minimum absolute atomic E-state index is 0.126. The smallest absolute Gasteiger partial charge is 0.273 e. The van der Waals surface area contributed by atoms with Gasteiger partial charge in [0.15, 0.2) is 0 Å². The van der Waals surface area contributed by atoms with Gasteiger partial charge in [0.25, 0.3) is 5.91 Å². The number of hydrazine groups is 1. The first-order chi connectivity index (χ1) is 11.6. The van der Waals surface area contributed by atoms with Gasteiger partial charge in [-0.1, -0.05) is 18.2 Å². The lowest BCUT2D eigenvalue weighted by Gasteiger charge is -2.05. The van der Waals surface area contributed by atoms with Crippen LogP contribution in [-0.2, 0) is 11.2 Å². The summed E-state index contributed by atoms with van der Waals surface area (Å²) in [6, 6.07) is 13.1. The Balaban J connectivity index is 1.54. The zero-order valence-electron chi connectivity index (χ0n) is 12.4. The fourth-order valence-corrected chi connectivity index (χ4v) is 3.31. The Kier molecular flexibility index (Phi) is 5.07. The average Bonchev–Trinajstić information content (AvgIpc) is 3.23. The molecule has 2 heterocycles. The van der Waals surface area contributed by atoms with Crippen molar-refractivity contribution in [1.82, 2.24) is 20.6 Å². The van der Waals surface area contributed by atoms with E-state index in [0.29, 0.717) is 4.88 Å². The first-order valence-electron chi connectivity index (χ1n) is 7.05. The van der Waals surface area contributed by atoms with Crippen LogP contribution in [0.3, 0.4) is 0 Å². The molecule has 0 aliphatic heterocycles. The SMILES string of the molecule is O=C(Cc1cnn(-c2ccccc2)c1)NNC(=O)c1ccc(Br)s1. The summed E-state index contributed by atoms with van der Waals surface area (Å²) in [5.41, 5.74) is 6.47. The molecule has 0 radical (unpaired) electrons. The summed E-state index contributed by atoms with van der Waals surface area (Å²) < 4.78 is 2.55. The van der Waals surface area contributed by atoms with Crippen LogP contribution in [-0.4, -0.2) is 21.6 Å². The van der Waals surface area contributed by atoms with E-state index >= 15 is 0 Å². The molecular formula is C16H13BrN4O2S. The molecule has 0 saturated carbocycles. The van der Waals surface area contributed by atoms with Crippen molar-refractivity contribution in [3.8, 4) is 5.69 Å². The molecule has 2 N–H and O–H groups in total. The van der Waals surface area contributed by atoms with Crippen molar-refractivity contribution < 1.29 is 9.59 Å². The van der Waals surface area contributed by atoms with Gasteiger partial charge in [-0.05, 0) is 45.8 Å². The van der Waals surface area contributed by atoms with E-state index in [1.807, 2.05) is 30.3 Å². The third kappa shape index (κ3) is 4.09. The number of carbonyl (C=O) groups excluding carboxylic acids is 2. The first kappa shape index (κ1) is 16.4. The molecule has 0 saturated heterocycles. The van der Waals surface area contributed by atoms with Crippen LogP contribution in [0.15, 0.2) is 58.6 Å². The van der Waals surface area contributed by atoms with Crippen molar-refractivity contribution in [2.75, 3.05) is 0 Å². The Bertz CT molecular complexity index is 860. The van der Waals surface area contributed by atoms with E-state index in [1.165, 1.54) is 11.3 Å². The second kappa shape index (κ2) is 7.41.